The number of esters is 1. The Balaban J connectivity index is 1.73. The third-order valence-corrected chi connectivity index (χ3v) is 4.18. The van der Waals surface area contributed by atoms with Gasteiger partial charge in [-0.15, -0.1) is 0 Å². The van der Waals surface area contributed by atoms with Crippen molar-refractivity contribution < 1.29 is 23.9 Å². The Bertz CT molecular complexity index is 972. The Morgan fingerprint density at radius 1 is 1.17 bits per heavy atom. The standard InChI is InChI=1S/C21H19ClN2O5/c1-13(2)29-19(25)12-28-18-9-8-14(11-17(18)22)10-16-20(26)23-24(21(16)27)15-6-4-3-5-7-15/h3-11,13H,12H2,1-2H3,(H,23,26)/b16-10-. The van der Waals surface area contributed by atoms with E-state index in [1.165, 1.54) is 11.1 Å². The quantitative estimate of drug-likeness (QED) is 0.446. The molecule has 150 valence electrons. The first-order valence-electron chi connectivity index (χ1n) is 8.89. The molecule has 0 bridgehead atoms. The van der Waals surface area contributed by atoms with Gasteiger partial charge in [-0.05, 0) is 49.8 Å². The van der Waals surface area contributed by atoms with Gasteiger partial charge >= 0.3 is 5.97 Å². The molecular formula is C21H19ClN2O5. The molecule has 2 amide bonds. The molecule has 0 aromatic heterocycles. The van der Waals surface area contributed by atoms with E-state index in [4.69, 9.17) is 21.1 Å². The van der Waals surface area contributed by atoms with Gasteiger partial charge in [-0.3, -0.25) is 15.0 Å². The van der Waals surface area contributed by atoms with Gasteiger partial charge in [-0.1, -0.05) is 35.9 Å². The molecule has 0 saturated carbocycles. The summed E-state index contributed by atoms with van der Waals surface area (Å²) in [6, 6.07) is 13.5. The van der Waals surface area contributed by atoms with Crippen molar-refractivity contribution in [2.75, 3.05) is 11.6 Å². The summed E-state index contributed by atoms with van der Waals surface area (Å²) in [6.07, 6.45) is 1.21. The molecule has 7 nitrogen and oxygen atoms in total. The van der Waals surface area contributed by atoms with Crippen molar-refractivity contribution in [2.45, 2.75) is 20.0 Å². The summed E-state index contributed by atoms with van der Waals surface area (Å²) in [5.41, 5.74) is 3.62. The van der Waals surface area contributed by atoms with Crippen LogP contribution in [-0.4, -0.2) is 30.5 Å². The highest BCUT2D eigenvalue weighted by molar-refractivity contribution is 6.33. The van der Waals surface area contributed by atoms with E-state index in [9.17, 15) is 14.4 Å². The number of amides is 2. The normalized spacial score (nSPS) is 15.0. The second kappa shape index (κ2) is 8.79. The van der Waals surface area contributed by atoms with E-state index in [0.717, 1.165) is 0 Å². The number of para-hydroxylation sites is 1. The van der Waals surface area contributed by atoms with E-state index in [-0.39, 0.29) is 23.3 Å². The monoisotopic (exact) mass is 414 g/mol. The fraction of sp³-hybridized carbons (Fsp3) is 0.190. The molecule has 0 radical (unpaired) electrons. The first-order valence-corrected chi connectivity index (χ1v) is 9.27. The number of halogens is 1. The molecule has 8 heteroatoms. The zero-order chi connectivity index (χ0) is 21.0. The molecule has 2 aromatic carbocycles. The van der Waals surface area contributed by atoms with Crippen molar-refractivity contribution >= 4 is 41.1 Å². The summed E-state index contributed by atoms with van der Waals surface area (Å²) in [5.74, 6) is -1.18. The van der Waals surface area contributed by atoms with Crippen LogP contribution in [0.5, 0.6) is 5.75 Å². The number of carbonyl (C=O) groups is 3. The maximum absolute atomic E-state index is 12.6. The number of benzene rings is 2. The first kappa shape index (κ1) is 20.4. The van der Waals surface area contributed by atoms with E-state index in [0.29, 0.717) is 17.0 Å². The predicted molar refractivity (Wildman–Crippen MR) is 108 cm³/mol. The van der Waals surface area contributed by atoms with Gasteiger partial charge < -0.3 is 9.47 Å². The lowest BCUT2D eigenvalue weighted by atomic mass is 10.1. The van der Waals surface area contributed by atoms with Gasteiger partial charge in [-0.2, -0.15) is 0 Å². The summed E-state index contributed by atoms with van der Waals surface area (Å²) >= 11 is 6.20. The molecule has 0 atom stereocenters. The van der Waals surface area contributed by atoms with Crippen LogP contribution in [0, 0.1) is 0 Å². The Morgan fingerprint density at radius 3 is 2.55 bits per heavy atom. The Hall–Kier alpha value is -3.32. The molecule has 3 rings (SSSR count). The lowest BCUT2D eigenvalue weighted by molar-refractivity contribution is -0.149. The summed E-state index contributed by atoms with van der Waals surface area (Å²) in [6.45, 7) is 3.21. The number of anilines is 1. The number of hydrazine groups is 1. The summed E-state index contributed by atoms with van der Waals surface area (Å²) in [7, 11) is 0. The average molecular weight is 415 g/mol. The van der Waals surface area contributed by atoms with Crippen molar-refractivity contribution in [2.24, 2.45) is 0 Å². The van der Waals surface area contributed by atoms with Crippen molar-refractivity contribution in [3.05, 3.63) is 64.7 Å². The zero-order valence-corrected chi connectivity index (χ0v) is 16.6. The van der Waals surface area contributed by atoms with Gasteiger partial charge in [0.1, 0.15) is 11.3 Å². The second-order valence-corrected chi connectivity index (χ2v) is 6.90. The van der Waals surface area contributed by atoms with Crippen LogP contribution in [0.1, 0.15) is 19.4 Å². The van der Waals surface area contributed by atoms with Crippen molar-refractivity contribution in [1.82, 2.24) is 5.43 Å². The van der Waals surface area contributed by atoms with Crippen LogP contribution in [0.4, 0.5) is 5.69 Å². The average Bonchev–Trinajstić information content (AvgIpc) is 2.96. The number of rotatable bonds is 6. The smallest absolute Gasteiger partial charge is 0.344 e. The molecule has 1 aliphatic heterocycles. The van der Waals surface area contributed by atoms with Crippen LogP contribution < -0.4 is 15.2 Å². The van der Waals surface area contributed by atoms with E-state index < -0.39 is 17.8 Å². The molecule has 2 aromatic rings. The summed E-state index contributed by atoms with van der Waals surface area (Å²) < 4.78 is 10.4. The number of carbonyl (C=O) groups excluding carboxylic acids is 3. The minimum absolute atomic E-state index is 0.0147. The summed E-state index contributed by atoms with van der Waals surface area (Å²) in [4.78, 5) is 36.4. The molecule has 29 heavy (non-hydrogen) atoms. The maximum atomic E-state index is 12.6. The second-order valence-electron chi connectivity index (χ2n) is 6.49. The lowest BCUT2D eigenvalue weighted by Crippen LogP contribution is -2.35. The number of hydrogen-bond donors (Lipinski definition) is 1. The topological polar surface area (TPSA) is 84.9 Å². The molecular weight excluding hydrogens is 396 g/mol. The largest absolute Gasteiger partial charge is 0.480 e. The van der Waals surface area contributed by atoms with Gasteiger partial charge in [-0.25, -0.2) is 9.80 Å². The molecule has 1 saturated heterocycles. The van der Waals surface area contributed by atoms with Crippen LogP contribution in [0.2, 0.25) is 5.02 Å². The highest BCUT2D eigenvalue weighted by Gasteiger charge is 2.34. The van der Waals surface area contributed by atoms with Crippen LogP contribution in [0.15, 0.2) is 54.1 Å². The van der Waals surface area contributed by atoms with Crippen LogP contribution in [0.3, 0.4) is 0 Å². The first-order chi connectivity index (χ1) is 13.8. The highest BCUT2D eigenvalue weighted by atomic mass is 35.5. The number of ether oxygens (including phenoxy) is 2. The van der Waals surface area contributed by atoms with Crippen molar-refractivity contribution in [3.63, 3.8) is 0 Å². The molecule has 1 heterocycles. The van der Waals surface area contributed by atoms with E-state index in [2.05, 4.69) is 5.43 Å². The third kappa shape index (κ3) is 4.94. The minimum atomic E-state index is -0.508. The van der Waals surface area contributed by atoms with E-state index in [1.807, 2.05) is 6.07 Å². The molecule has 0 unspecified atom stereocenters. The Labute approximate surface area is 172 Å². The number of nitrogens with one attached hydrogen (secondary N) is 1. The molecule has 1 fully saturated rings. The van der Waals surface area contributed by atoms with Gasteiger partial charge in [0.2, 0.25) is 0 Å². The Kier molecular flexibility index (Phi) is 6.19. The zero-order valence-electron chi connectivity index (χ0n) is 15.8. The van der Waals surface area contributed by atoms with Gasteiger partial charge in [0.25, 0.3) is 11.8 Å². The lowest BCUT2D eigenvalue weighted by Gasteiger charge is -2.13. The highest BCUT2D eigenvalue weighted by Crippen LogP contribution is 2.28. The van der Waals surface area contributed by atoms with Crippen molar-refractivity contribution in [3.8, 4) is 5.75 Å². The molecule has 1 N–H and O–H groups in total. The van der Waals surface area contributed by atoms with E-state index >= 15 is 0 Å². The number of hydrogen-bond acceptors (Lipinski definition) is 5. The third-order valence-electron chi connectivity index (χ3n) is 3.89. The SMILES string of the molecule is CC(C)OC(=O)COc1ccc(/C=C2/C(=O)NN(c3ccccc3)C2=O)cc1Cl. The fourth-order valence-electron chi connectivity index (χ4n) is 2.64. The molecule has 0 aliphatic carbocycles. The summed E-state index contributed by atoms with van der Waals surface area (Å²) in [5, 5.41) is 1.43. The van der Waals surface area contributed by atoms with Crippen LogP contribution in [-0.2, 0) is 19.1 Å². The van der Waals surface area contributed by atoms with Crippen molar-refractivity contribution in [1.29, 1.82) is 0 Å². The maximum Gasteiger partial charge on any atom is 0.344 e. The van der Waals surface area contributed by atoms with Crippen LogP contribution >= 0.6 is 11.6 Å². The van der Waals surface area contributed by atoms with E-state index in [1.54, 1.807) is 56.3 Å². The number of nitrogens with zero attached hydrogens (tertiary/aromatic N) is 1. The molecule has 1 aliphatic rings. The predicted octanol–water partition coefficient (Wildman–Crippen LogP) is 3.13. The van der Waals surface area contributed by atoms with Gasteiger partial charge in [0.05, 0.1) is 16.8 Å². The van der Waals surface area contributed by atoms with Crippen LogP contribution in [0.25, 0.3) is 6.08 Å². The fourth-order valence-corrected chi connectivity index (χ4v) is 2.88. The van der Waals surface area contributed by atoms with Gasteiger partial charge in [0.15, 0.2) is 6.61 Å². The van der Waals surface area contributed by atoms with Gasteiger partial charge in [0, 0.05) is 0 Å². The minimum Gasteiger partial charge on any atom is -0.480 e. The molecule has 0 spiro atoms. The Morgan fingerprint density at radius 2 is 1.90 bits per heavy atom.